The lowest BCUT2D eigenvalue weighted by molar-refractivity contribution is 0.0260. The molecule has 0 aliphatic carbocycles. The number of para-hydroxylation sites is 1. The first-order valence-corrected chi connectivity index (χ1v) is 11.3. The highest BCUT2D eigenvalue weighted by atomic mass is 79.9. The monoisotopic (exact) mass is 437 g/mol. The minimum absolute atomic E-state index is 0.0444. The molecular weight excluding hydrogens is 414 g/mol. The number of rotatable bonds is 6. The molecule has 3 rings (SSSR count). The zero-order chi connectivity index (χ0) is 18.8. The second kappa shape index (κ2) is 7.71. The number of hydrogen-bond donors (Lipinski definition) is 1. The Hall–Kier alpha value is -1.37. The average molecular weight is 438 g/mol. The first-order valence-electron chi connectivity index (χ1n) is 8.89. The molecule has 4 nitrogen and oxygen atoms in total. The average Bonchev–Trinajstić information content (AvgIpc) is 2.60. The maximum atomic E-state index is 12.8. The van der Waals surface area contributed by atoms with Crippen LogP contribution in [0.5, 0.6) is 5.75 Å². The Morgan fingerprint density at radius 2 is 1.88 bits per heavy atom. The molecule has 0 saturated carbocycles. The van der Waals surface area contributed by atoms with Crippen LogP contribution in [0.1, 0.15) is 50.3 Å². The first kappa shape index (κ1) is 19.4. The van der Waals surface area contributed by atoms with E-state index in [4.69, 9.17) is 4.74 Å². The Bertz CT molecular complexity index is 878. The molecule has 1 aliphatic heterocycles. The fraction of sp³-hybridized carbons (Fsp3) is 0.400. The van der Waals surface area contributed by atoms with Crippen molar-refractivity contribution in [2.24, 2.45) is 0 Å². The number of benzene rings is 2. The van der Waals surface area contributed by atoms with Gasteiger partial charge < -0.3 is 4.74 Å². The van der Waals surface area contributed by atoms with E-state index in [2.05, 4.69) is 34.5 Å². The second-order valence-corrected chi connectivity index (χ2v) is 9.46. The highest BCUT2D eigenvalue weighted by Crippen LogP contribution is 2.42. The molecule has 1 aliphatic rings. The van der Waals surface area contributed by atoms with Gasteiger partial charge in [-0.1, -0.05) is 60.1 Å². The lowest BCUT2D eigenvalue weighted by Crippen LogP contribution is -2.44. The fourth-order valence-electron chi connectivity index (χ4n) is 3.51. The van der Waals surface area contributed by atoms with Crippen molar-refractivity contribution in [3.8, 4) is 5.75 Å². The van der Waals surface area contributed by atoms with Crippen molar-refractivity contribution >= 4 is 26.0 Å². The first-order chi connectivity index (χ1) is 12.4. The van der Waals surface area contributed by atoms with E-state index in [1.807, 2.05) is 48.5 Å². The van der Waals surface area contributed by atoms with Crippen molar-refractivity contribution < 1.29 is 13.2 Å². The third-order valence-corrected chi connectivity index (χ3v) is 6.90. The molecule has 0 aromatic heterocycles. The number of halogens is 1. The predicted octanol–water partition coefficient (Wildman–Crippen LogP) is 4.95. The van der Waals surface area contributed by atoms with Gasteiger partial charge in [0.25, 0.3) is 0 Å². The van der Waals surface area contributed by atoms with E-state index in [0.717, 1.165) is 34.2 Å². The lowest BCUT2D eigenvalue weighted by atomic mass is 9.84. The molecule has 140 valence electrons. The number of fused-ring (bicyclic) bond motifs is 1. The minimum atomic E-state index is -3.49. The summed E-state index contributed by atoms with van der Waals surface area (Å²) < 4.78 is 35.7. The molecule has 6 heteroatoms. The van der Waals surface area contributed by atoms with Crippen molar-refractivity contribution in [3.63, 3.8) is 0 Å². The molecule has 1 unspecified atom stereocenters. The smallest absolute Gasteiger partial charge is 0.216 e. The Labute approximate surface area is 164 Å². The van der Waals surface area contributed by atoms with Crippen LogP contribution in [0.2, 0.25) is 0 Å². The van der Waals surface area contributed by atoms with E-state index in [1.54, 1.807) is 0 Å². The summed E-state index contributed by atoms with van der Waals surface area (Å²) in [6.45, 7) is 4.18. The highest BCUT2D eigenvalue weighted by Gasteiger charge is 2.39. The molecule has 2 aromatic rings. The van der Waals surface area contributed by atoms with Crippen LogP contribution in [0, 0.1) is 0 Å². The number of sulfonamides is 1. The van der Waals surface area contributed by atoms with Crippen molar-refractivity contribution in [2.75, 3.05) is 0 Å². The standard InChI is InChI=1S/C20H24BrNO3S/c1-3-20(4-2)13-18(17-10-5-6-11-19(17)25-20)22-26(23,24)14-15-8-7-9-16(21)12-15/h5-12,18,22H,3-4,13-14H2,1-2H3. The SMILES string of the molecule is CCC1(CC)CC(NS(=O)(=O)Cc2cccc(Br)c2)c2ccccc2O1. The van der Waals surface area contributed by atoms with Gasteiger partial charge in [-0.3, -0.25) is 0 Å². The van der Waals surface area contributed by atoms with Gasteiger partial charge in [-0.15, -0.1) is 0 Å². The van der Waals surface area contributed by atoms with E-state index in [1.165, 1.54) is 0 Å². The lowest BCUT2D eigenvalue weighted by Gasteiger charge is -2.41. The zero-order valence-electron chi connectivity index (χ0n) is 15.0. The molecular formula is C20H24BrNO3S. The van der Waals surface area contributed by atoms with Gasteiger partial charge in [0, 0.05) is 16.5 Å². The van der Waals surface area contributed by atoms with Gasteiger partial charge in [0.2, 0.25) is 10.0 Å². The van der Waals surface area contributed by atoms with E-state index in [-0.39, 0.29) is 17.4 Å². The molecule has 2 aromatic carbocycles. The predicted molar refractivity (Wildman–Crippen MR) is 108 cm³/mol. The topological polar surface area (TPSA) is 55.4 Å². The minimum Gasteiger partial charge on any atom is -0.487 e. The highest BCUT2D eigenvalue weighted by molar-refractivity contribution is 9.10. The molecule has 0 bridgehead atoms. The van der Waals surface area contributed by atoms with Crippen LogP contribution in [0.3, 0.4) is 0 Å². The molecule has 26 heavy (non-hydrogen) atoms. The van der Waals surface area contributed by atoms with E-state index >= 15 is 0 Å². The Morgan fingerprint density at radius 1 is 1.15 bits per heavy atom. The van der Waals surface area contributed by atoms with Crippen LogP contribution < -0.4 is 9.46 Å². The van der Waals surface area contributed by atoms with Gasteiger partial charge in [-0.25, -0.2) is 13.1 Å². The van der Waals surface area contributed by atoms with Crippen LogP contribution in [-0.4, -0.2) is 14.0 Å². The van der Waals surface area contributed by atoms with Gasteiger partial charge in [-0.2, -0.15) is 0 Å². The van der Waals surface area contributed by atoms with E-state index in [0.29, 0.717) is 6.42 Å². The summed E-state index contributed by atoms with van der Waals surface area (Å²) in [5.41, 5.74) is 1.32. The van der Waals surface area contributed by atoms with Gasteiger partial charge in [0.05, 0.1) is 11.8 Å². The largest absolute Gasteiger partial charge is 0.487 e. The normalized spacial score (nSPS) is 18.8. The van der Waals surface area contributed by atoms with Crippen LogP contribution in [0.25, 0.3) is 0 Å². The van der Waals surface area contributed by atoms with Crippen molar-refractivity contribution in [2.45, 2.75) is 50.5 Å². The molecule has 0 saturated heterocycles. The maximum absolute atomic E-state index is 12.8. The van der Waals surface area contributed by atoms with Gasteiger partial charge in [-0.05, 0) is 36.6 Å². The molecule has 0 spiro atoms. The number of nitrogens with one attached hydrogen (secondary N) is 1. The summed E-state index contributed by atoms with van der Waals surface area (Å²) in [7, 11) is -3.49. The van der Waals surface area contributed by atoms with E-state index in [9.17, 15) is 8.42 Å². The van der Waals surface area contributed by atoms with Crippen molar-refractivity contribution in [1.29, 1.82) is 0 Å². The fourth-order valence-corrected chi connectivity index (χ4v) is 5.30. The van der Waals surface area contributed by atoms with Crippen molar-refractivity contribution in [1.82, 2.24) is 4.72 Å². The van der Waals surface area contributed by atoms with Gasteiger partial charge >= 0.3 is 0 Å². The summed E-state index contributed by atoms with van der Waals surface area (Å²) >= 11 is 3.39. The number of ether oxygens (including phenoxy) is 1. The zero-order valence-corrected chi connectivity index (χ0v) is 17.4. The van der Waals surface area contributed by atoms with Crippen LogP contribution >= 0.6 is 15.9 Å². The molecule has 1 heterocycles. The molecule has 0 radical (unpaired) electrons. The summed E-state index contributed by atoms with van der Waals surface area (Å²) in [5, 5.41) is 0. The summed E-state index contributed by atoms with van der Waals surface area (Å²) in [6.07, 6.45) is 2.30. The third-order valence-electron chi connectivity index (χ3n) is 5.05. The Morgan fingerprint density at radius 3 is 2.58 bits per heavy atom. The third kappa shape index (κ3) is 4.30. The summed E-state index contributed by atoms with van der Waals surface area (Å²) in [5.74, 6) is 0.731. The Balaban J connectivity index is 1.87. The molecule has 1 N–H and O–H groups in total. The van der Waals surface area contributed by atoms with Crippen LogP contribution in [-0.2, 0) is 15.8 Å². The molecule has 0 fully saturated rings. The summed E-state index contributed by atoms with van der Waals surface area (Å²) in [6, 6.07) is 14.8. The maximum Gasteiger partial charge on any atom is 0.216 e. The second-order valence-electron chi connectivity index (χ2n) is 6.79. The van der Waals surface area contributed by atoms with Gasteiger partial charge in [0.1, 0.15) is 11.4 Å². The van der Waals surface area contributed by atoms with Crippen molar-refractivity contribution in [3.05, 3.63) is 64.1 Å². The quantitative estimate of drug-likeness (QED) is 0.694. The number of hydrogen-bond acceptors (Lipinski definition) is 3. The van der Waals surface area contributed by atoms with Gasteiger partial charge in [0.15, 0.2) is 0 Å². The molecule has 1 atom stereocenters. The Kier molecular flexibility index (Phi) is 5.75. The van der Waals surface area contributed by atoms with Crippen LogP contribution in [0.4, 0.5) is 0 Å². The molecule has 0 amide bonds. The van der Waals surface area contributed by atoms with Crippen LogP contribution in [0.15, 0.2) is 53.0 Å². The van der Waals surface area contributed by atoms with E-state index < -0.39 is 10.0 Å². The summed E-state index contributed by atoms with van der Waals surface area (Å²) in [4.78, 5) is 0.